The molecule has 0 bridgehead atoms. The molecule has 17 heavy (non-hydrogen) atoms. The maximum absolute atomic E-state index is 6.07. The van der Waals surface area contributed by atoms with Gasteiger partial charge in [0, 0.05) is 18.2 Å². The van der Waals surface area contributed by atoms with Gasteiger partial charge in [-0.2, -0.15) is 0 Å². The van der Waals surface area contributed by atoms with Crippen LogP contribution in [0.25, 0.3) is 0 Å². The van der Waals surface area contributed by atoms with E-state index < -0.39 is 0 Å². The summed E-state index contributed by atoms with van der Waals surface area (Å²) in [7, 11) is 0. The van der Waals surface area contributed by atoms with E-state index in [1.54, 1.807) is 0 Å². The van der Waals surface area contributed by atoms with Crippen molar-refractivity contribution in [2.75, 3.05) is 11.4 Å². The fourth-order valence-corrected chi connectivity index (χ4v) is 3.00. The predicted molar refractivity (Wildman–Crippen MR) is 71.8 cm³/mol. The molecule has 0 radical (unpaired) electrons. The third-order valence-corrected chi connectivity index (χ3v) is 3.94. The molecule has 0 saturated carbocycles. The van der Waals surface area contributed by atoms with Crippen LogP contribution < -0.4 is 4.90 Å². The van der Waals surface area contributed by atoms with E-state index in [1.165, 1.54) is 19.2 Å². The van der Waals surface area contributed by atoms with Crippen molar-refractivity contribution in [2.45, 2.75) is 38.6 Å². The van der Waals surface area contributed by atoms with Crippen molar-refractivity contribution in [3.63, 3.8) is 0 Å². The summed E-state index contributed by atoms with van der Waals surface area (Å²) >= 11 is 12.0. The molecule has 0 amide bonds. The summed E-state index contributed by atoms with van der Waals surface area (Å²) in [5.74, 6) is 1.88. The first-order valence-electron chi connectivity index (χ1n) is 5.97. The van der Waals surface area contributed by atoms with E-state index >= 15 is 0 Å². The summed E-state index contributed by atoms with van der Waals surface area (Å²) in [6.07, 6.45) is 3.93. The number of rotatable bonds is 3. The number of anilines is 1. The Hall–Kier alpha value is -0.540. The highest BCUT2D eigenvalue weighted by Gasteiger charge is 2.30. The molecule has 3 nitrogen and oxygen atoms in total. The average Bonchev–Trinajstić information content (AvgIpc) is 2.77. The van der Waals surface area contributed by atoms with Crippen LogP contribution in [-0.4, -0.2) is 22.6 Å². The van der Waals surface area contributed by atoms with Crippen molar-refractivity contribution in [3.8, 4) is 0 Å². The predicted octanol–water partition coefficient (Wildman–Crippen LogP) is 3.49. The molecule has 0 aliphatic carbocycles. The molecule has 1 aliphatic rings. The van der Waals surface area contributed by atoms with Crippen LogP contribution in [0.2, 0.25) is 5.15 Å². The van der Waals surface area contributed by atoms with Crippen molar-refractivity contribution in [3.05, 3.63) is 17.0 Å². The Morgan fingerprint density at radius 1 is 1.47 bits per heavy atom. The Labute approximate surface area is 112 Å². The zero-order valence-electron chi connectivity index (χ0n) is 10.2. The van der Waals surface area contributed by atoms with Crippen LogP contribution in [-0.2, 0) is 5.88 Å². The van der Waals surface area contributed by atoms with E-state index in [0.29, 0.717) is 23.0 Å². The van der Waals surface area contributed by atoms with Gasteiger partial charge in [0.2, 0.25) is 0 Å². The second-order valence-corrected chi connectivity index (χ2v) is 5.37. The molecule has 1 fully saturated rings. The van der Waals surface area contributed by atoms with Crippen LogP contribution in [0, 0.1) is 5.92 Å². The third kappa shape index (κ3) is 2.50. The lowest BCUT2D eigenvalue weighted by Gasteiger charge is -2.30. The van der Waals surface area contributed by atoms with Crippen LogP contribution in [0.5, 0.6) is 0 Å². The van der Waals surface area contributed by atoms with E-state index in [0.717, 1.165) is 17.9 Å². The van der Waals surface area contributed by atoms with Crippen molar-refractivity contribution in [1.29, 1.82) is 0 Å². The lowest BCUT2D eigenvalue weighted by Crippen LogP contribution is -2.34. The van der Waals surface area contributed by atoms with Crippen LogP contribution in [0.15, 0.2) is 6.33 Å². The zero-order valence-corrected chi connectivity index (χ0v) is 11.7. The Balaban J connectivity index is 2.36. The Morgan fingerprint density at radius 2 is 2.24 bits per heavy atom. The van der Waals surface area contributed by atoms with Gasteiger partial charge in [-0.05, 0) is 18.8 Å². The topological polar surface area (TPSA) is 29.0 Å². The third-order valence-electron chi connectivity index (χ3n) is 3.34. The van der Waals surface area contributed by atoms with E-state index in [9.17, 15) is 0 Å². The van der Waals surface area contributed by atoms with Crippen LogP contribution in [0.1, 0.15) is 32.3 Å². The zero-order chi connectivity index (χ0) is 12.4. The molecule has 0 spiro atoms. The average molecular weight is 274 g/mol. The SMILES string of the molecule is CC(C)C1CCCN1c1ncnc(Cl)c1CCl. The summed E-state index contributed by atoms with van der Waals surface area (Å²) in [4.78, 5) is 10.7. The van der Waals surface area contributed by atoms with Gasteiger partial charge in [-0.15, -0.1) is 11.6 Å². The molecule has 2 rings (SSSR count). The Bertz CT molecular complexity index is 395. The van der Waals surface area contributed by atoms with E-state index in [-0.39, 0.29) is 0 Å². The number of hydrogen-bond donors (Lipinski definition) is 0. The summed E-state index contributed by atoms with van der Waals surface area (Å²) < 4.78 is 0. The normalized spacial score (nSPS) is 20.3. The smallest absolute Gasteiger partial charge is 0.138 e. The molecule has 1 unspecified atom stereocenters. The molecular formula is C12H17Cl2N3. The van der Waals surface area contributed by atoms with E-state index in [1.807, 2.05) is 0 Å². The highest BCUT2D eigenvalue weighted by atomic mass is 35.5. The van der Waals surface area contributed by atoms with E-state index in [2.05, 4.69) is 28.7 Å². The van der Waals surface area contributed by atoms with Gasteiger partial charge < -0.3 is 4.90 Å². The summed E-state index contributed by atoms with van der Waals surface area (Å²) in [5, 5.41) is 0.472. The van der Waals surface area contributed by atoms with Crippen molar-refractivity contribution in [2.24, 2.45) is 5.92 Å². The molecule has 94 valence electrons. The first-order chi connectivity index (χ1) is 8.15. The molecule has 2 heterocycles. The minimum atomic E-state index is 0.357. The van der Waals surface area contributed by atoms with Gasteiger partial charge in [0.15, 0.2) is 0 Å². The Kier molecular flexibility index (Phi) is 4.10. The lowest BCUT2D eigenvalue weighted by atomic mass is 10.0. The Morgan fingerprint density at radius 3 is 2.88 bits per heavy atom. The highest BCUT2D eigenvalue weighted by Crippen LogP contribution is 2.33. The van der Waals surface area contributed by atoms with E-state index in [4.69, 9.17) is 23.2 Å². The molecule has 1 aromatic heterocycles. The molecule has 1 aliphatic heterocycles. The van der Waals surface area contributed by atoms with Gasteiger partial charge in [0.25, 0.3) is 0 Å². The number of alkyl halides is 1. The molecule has 1 aromatic rings. The second kappa shape index (κ2) is 5.40. The monoisotopic (exact) mass is 273 g/mol. The van der Waals surface area contributed by atoms with Gasteiger partial charge in [-0.1, -0.05) is 25.4 Å². The van der Waals surface area contributed by atoms with Gasteiger partial charge in [0.05, 0.1) is 5.88 Å². The summed E-state index contributed by atoms with van der Waals surface area (Å²) in [5.41, 5.74) is 0.850. The number of nitrogens with zero attached hydrogens (tertiary/aromatic N) is 3. The highest BCUT2D eigenvalue weighted by molar-refractivity contribution is 6.31. The van der Waals surface area contributed by atoms with Crippen molar-refractivity contribution in [1.82, 2.24) is 9.97 Å². The largest absolute Gasteiger partial charge is 0.353 e. The standard InChI is InChI=1S/C12H17Cl2N3/c1-8(2)10-4-3-5-17(10)12-9(6-13)11(14)15-7-16-12/h7-8,10H,3-6H2,1-2H3. The second-order valence-electron chi connectivity index (χ2n) is 4.75. The summed E-state index contributed by atoms with van der Waals surface area (Å²) in [6.45, 7) is 5.51. The van der Waals surface area contributed by atoms with Gasteiger partial charge in [-0.25, -0.2) is 9.97 Å². The summed E-state index contributed by atoms with van der Waals surface area (Å²) in [6, 6.07) is 0.530. The van der Waals surface area contributed by atoms with Crippen molar-refractivity contribution < 1.29 is 0 Å². The lowest BCUT2D eigenvalue weighted by molar-refractivity contribution is 0.489. The maximum Gasteiger partial charge on any atom is 0.138 e. The molecule has 0 N–H and O–H groups in total. The molecule has 0 aromatic carbocycles. The quantitative estimate of drug-likeness (QED) is 0.624. The number of hydrogen-bond acceptors (Lipinski definition) is 3. The minimum Gasteiger partial charge on any atom is -0.353 e. The molecule has 5 heteroatoms. The van der Waals surface area contributed by atoms with Crippen LogP contribution >= 0.6 is 23.2 Å². The van der Waals surface area contributed by atoms with Crippen LogP contribution in [0.3, 0.4) is 0 Å². The first-order valence-corrected chi connectivity index (χ1v) is 6.88. The number of halogens is 2. The molecule has 1 saturated heterocycles. The van der Waals surface area contributed by atoms with Crippen molar-refractivity contribution >= 4 is 29.0 Å². The number of aromatic nitrogens is 2. The van der Waals surface area contributed by atoms with Gasteiger partial charge in [-0.3, -0.25) is 0 Å². The first kappa shape index (κ1) is 12.9. The van der Waals surface area contributed by atoms with Gasteiger partial charge in [0.1, 0.15) is 17.3 Å². The molecule has 1 atom stereocenters. The fourth-order valence-electron chi connectivity index (χ4n) is 2.49. The van der Waals surface area contributed by atoms with Crippen LogP contribution in [0.4, 0.5) is 5.82 Å². The maximum atomic E-state index is 6.07. The molecular weight excluding hydrogens is 257 g/mol. The van der Waals surface area contributed by atoms with Gasteiger partial charge >= 0.3 is 0 Å². The minimum absolute atomic E-state index is 0.357. The fraction of sp³-hybridized carbons (Fsp3) is 0.667.